The Bertz CT molecular complexity index is 399. The third kappa shape index (κ3) is 3.51. The van der Waals surface area contributed by atoms with Crippen LogP contribution in [0.3, 0.4) is 0 Å². The Morgan fingerprint density at radius 2 is 2.20 bits per heavy atom. The van der Waals surface area contributed by atoms with Gasteiger partial charge in [0.05, 0.1) is 0 Å². The first-order valence-corrected chi connectivity index (χ1v) is 5.48. The van der Waals surface area contributed by atoms with Gasteiger partial charge in [0, 0.05) is 16.6 Å². The number of hydrogen-bond donors (Lipinski definition) is 1. The van der Waals surface area contributed by atoms with Crippen LogP contribution in [0, 0.1) is 6.92 Å². The van der Waals surface area contributed by atoms with Crippen molar-refractivity contribution in [1.82, 2.24) is 5.32 Å². The minimum atomic E-state index is -0.0585. The van der Waals surface area contributed by atoms with Gasteiger partial charge in [-0.1, -0.05) is 34.1 Å². The van der Waals surface area contributed by atoms with Crippen molar-refractivity contribution in [3.63, 3.8) is 0 Å². The molecule has 80 valence electrons. The fourth-order valence-electron chi connectivity index (χ4n) is 1.17. The van der Waals surface area contributed by atoms with E-state index in [0.29, 0.717) is 12.1 Å². The summed E-state index contributed by atoms with van der Waals surface area (Å²) in [6, 6.07) is 5.66. The monoisotopic (exact) mass is 267 g/mol. The number of aryl methyl sites for hydroxylation is 1. The van der Waals surface area contributed by atoms with E-state index in [2.05, 4.69) is 27.8 Å². The first-order valence-electron chi connectivity index (χ1n) is 4.69. The zero-order valence-electron chi connectivity index (χ0n) is 8.93. The average Bonchev–Trinajstić information content (AvgIpc) is 2.18. The summed E-state index contributed by atoms with van der Waals surface area (Å²) in [6.45, 7) is 8.06. The van der Waals surface area contributed by atoms with Crippen LogP contribution in [0.4, 0.5) is 0 Å². The number of amides is 1. The third-order valence-electron chi connectivity index (χ3n) is 1.99. The number of benzene rings is 1. The molecule has 15 heavy (non-hydrogen) atoms. The Labute approximate surface area is 98.5 Å². The van der Waals surface area contributed by atoms with Crippen LogP contribution in [0.2, 0.25) is 0 Å². The Morgan fingerprint density at radius 1 is 1.53 bits per heavy atom. The van der Waals surface area contributed by atoms with Crippen LogP contribution < -0.4 is 5.32 Å². The van der Waals surface area contributed by atoms with E-state index in [-0.39, 0.29) is 5.91 Å². The van der Waals surface area contributed by atoms with Gasteiger partial charge < -0.3 is 5.32 Å². The second kappa shape index (κ2) is 5.12. The molecule has 3 heteroatoms. The van der Waals surface area contributed by atoms with Crippen molar-refractivity contribution >= 4 is 21.8 Å². The van der Waals surface area contributed by atoms with Gasteiger partial charge in [-0.15, -0.1) is 0 Å². The van der Waals surface area contributed by atoms with Crippen molar-refractivity contribution in [3.05, 3.63) is 46.0 Å². The normalized spacial score (nSPS) is 9.80. The number of carbonyl (C=O) groups excluding carboxylic acids is 1. The predicted molar refractivity (Wildman–Crippen MR) is 66.0 cm³/mol. The van der Waals surface area contributed by atoms with E-state index in [1.807, 2.05) is 32.0 Å². The molecule has 0 aliphatic heterocycles. The molecule has 0 unspecified atom stereocenters. The molecule has 0 bridgehead atoms. The van der Waals surface area contributed by atoms with E-state index in [9.17, 15) is 4.79 Å². The van der Waals surface area contributed by atoms with Crippen LogP contribution >= 0.6 is 15.9 Å². The van der Waals surface area contributed by atoms with Crippen molar-refractivity contribution < 1.29 is 4.79 Å². The summed E-state index contributed by atoms with van der Waals surface area (Å²) < 4.78 is 0.911. The van der Waals surface area contributed by atoms with Crippen molar-refractivity contribution in [2.45, 2.75) is 13.8 Å². The second-order valence-corrected chi connectivity index (χ2v) is 4.51. The number of rotatable bonds is 3. The molecule has 0 heterocycles. The lowest BCUT2D eigenvalue weighted by molar-refractivity contribution is 0.0956. The highest BCUT2D eigenvalue weighted by Crippen LogP contribution is 2.15. The summed E-state index contributed by atoms with van der Waals surface area (Å²) in [5.74, 6) is -0.0585. The number of halogens is 1. The summed E-state index contributed by atoms with van der Waals surface area (Å²) in [5, 5.41) is 2.81. The Morgan fingerprint density at radius 3 is 2.80 bits per heavy atom. The summed E-state index contributed by atoms with van der Waals surface area (Å²) in [5.41, 5.74) is 2.61. The van der Waals surface area contributed by atoms with Gasteiger partial charge in [0.15, 0.2) is 0 Å². The van der Waals surface area contributed by atoms with Gasteiger partial charge in [-0.3, -0.25) is 4.79 Å². The molecule has 2 nitrogen and oxygen atoms in total. The van der Waals surface area contributed by atoms with Crippen LogP contribution in [0.1, 0.15) is 22.8 Å². The molecule has 0 aromatic heterocycles. The molecule has 0 aliphatic rings. The van der Waals surface area contributed by atoms with E-state index >= 15 is 0 Å². The van der Waals surface area contributed by atoms with Gasteiger partial charge in [-0.2, -0.15) is 0 Å². The summed E-state index contributed by atoms with van der Waals surface area (Å²) in [6.07, 6.45) is 0. The quantitative estimate of drug-likeness (QED) is 0.839. The molecule has 0 aliphatic carbocycles. The lowest BCUT2D eigenvalue weighted by Crippen LogP contribution is -2.25. The first kappa shape index (κ1) is 12.0. The molecular formula is C12H14BrNO. The molecule has 0 radical (unpaired) electrons. The zero-order chi connectivity index (χ0) is 11.4. The maximum absolute atomic E-state index is 11.7. The van der Waals surface area contributed by atoms with Crippen LogP contribution in [0.5, 0.6) is 0 Å². The molecule has 0 saturated heterocycles. The average molecular weight is 268 g/mol. The van der Waals surface area contributed by atoms with Crippen LogP contribution in [0.15, 0.2) is 34.8 Å². The van der Waals surface area contributed by atoms with E-state index in [1.54, 1.807) is 0 Å². The molecule has 0 saturated carbocycles. The summed E-state index contributed by atoms with van der Waals surface area (Å²) in [7, 11) is 0. The van der Waals surface area contributed by atoms with Gasteiger partial charge in [0.25, 0.3) is 5.91 Å². The molecule has 0 spiro atoms. The summed E-state index contributed by atoms with van der Waals surface area (Å²) in [4.78, 5) is 11.7. The lowest BCUT2D eigenvalue weighted by atomic mass is 10.1. The first-order chi connectivity index (χ1) is 7.00. The minimum Gasteiger partial charge on any atom is -0.348 e. The molecule has 1 aromatic rings. The molecule has 1 N–H and O–H groups in total. The van der Waals surface area contributed by atoms with Crippen molar-refractivity contribution in [2.75, 3.05) is 6.54 Å². The largest absolute Gasteiger partial charge is 0.348 e. The van der Waals surface area contributed by atoms with Crippen LogP contribution in [-0.4, -0.2) is 12.5 Å². The molecule has 1 rings (SSSR count). The fourth-order valence-corrected chi connectivity index (χ4v) is 1.53. The maximum Gasteiger partial charge on any atom is 0.251 e. The Kier molecular flexibility index (Phi) is 4.09. The van der Waals surface area contributed by atoms with Gasteiger partial charge in [-0.25, -0.2) is 0 Å². The molecule has 1 amide bonds. The molecule has 0 atom stereocenters. The lowest BCUT2D eigenvalue weighted by Gasteiger charge is -2.07. The van der Waals surface area contributed by atoms with Crippen LogP contribution in [-0.2, 0) is 0 Å². The third-order valence-corrected chi connectivity index (χ3v) is 2.49. The van der Waals surface area contributed by atoms with E-state index in [1.165, 1.54) is 0 Å². The van der Waals surface area contributed by atoms with Gasteiger partial charge in [0.1, 0.15) is 0 Å². The van der Waals surface area contributed by atoms with E-state index < -0.39 is 0 Å². The van der Waals surface area contributed by atoms with Crippen molar-refractivity contribution in [3.8, 4) is 0 Å². The van der Waals surface area contributed by atoms with Crippen LogP contribution in [0.25, 0.3) is 0 Å². The number of nitrogens with one attached hydrogen (secondary N) is 1. The fraction of sp³-hybridized carbons (Fsp3) is 0.250. The topological polar surface area (TPSA) is 29.1 Å². The molecule has 0 fully saturated rings. The highest BCUT2D eigenvalue weighted by Gasteiger charge is 2.08. The Hall–Kier alpha value is -1.09. The van der Waals surface area contributed by atoms with E-state index in [4.69, 9.17) is 0 Å². The minimum absolute atomic E-state index is 0.0585. The van der Waals surface area contributed by atoms with E-state index in [0.717, 1.165) is 15.6 Å². The Balaban J connectivity index is 2.81. The molecule has 1 aromatic carbocycles. The maximum atomic E-state index is 11.7. The van der Waals surface area contributed by atoms with Gasteiger partial charge in [0.2, 0.25) is 0 Å². The number of carbonyl (C=O) groups is 1. The molecular weight excluding hydrogens is 254 g/mol. The SMILES string of the molecule is C=C(C)CNC(=O)c1cc(Br)ccc1C. The number of hydrogen-bond acceptors (Lipinski definition) is 1. The van der Waals surface area contributed by atoms with Crippen molar-refractivity contribution in [2.24, 2.45) is 0 Å². The standard InChI is InChI=1S/C12H14BrNO/c1-8(2)7-14-12(15)11-6-10(13)5-4-9(11)3/h4-6H,1,7H2,2-3H3,(H,14,15). The smallest absolute Gasteiger partial charge is 0.251 e. The highest BCUT2D eigenvalue weighted by atomic mass is 79.9. The second-order valence-electron chi connectivity index (χ2n) is 3.60. The highest BCUT2D eigenvalue weighted by molar-refractivity contribution is 9.10. The van der Waals surface area contributed by atoms with Crippen molar-refractivity contribution in [1.29, 1.82) is 0 Å². The van der Waals surface area contributed by atoms with Gasteiger partial charge in [-0.05, 0) is 31.5 Å². The summed E-state index contributed by atoms with van der Waals surface area (Å²) >= 11 is 3.35. The van der Waals surface area contributed by atoms with Gasteiger partial charge >= 0.3 is 0 Å². The predicted octanol–water partition coefficient (Wildman–Crippen LogP) is 3.06. The zero-order valence-corrected chi connectivity index (χ0v) is 10.5.